The Bertz CT molecular complexity index is 507. The van der Waals surface area contributed by atoms with Crippen LogP contribution in [0.3, 0.4) is 0 Å². The second-order valence-corrected chi connectivity index (χ2v) is 5.79. The van der Waals surface area contributed by atoms with Gasteiger partial charge in [-0.25, -0.2) is 9.37 Å². The van der Waals surface area contributed by atoms with Crippen molar-refractivity contribution in [3.8, 4) is 0 Å². The zero-order valence-corrected chi connectivity index (χ0v) is 10.9. The minimum Gasteiger partial charge on any atom is -0.330 e. The van der Waals surface area contributed by atoms with Crippen molar-refractivity contribution < 1.29 is 4.39 Å². The molecular weight excluding hydrogens is 235 g/mol. The van der Waals surface area contributed by atoms with E-state index in [-0.39, 0.29) is 11.7 Å². The van der Waals surface area contributed by atoms with Crippen LogP contribution < -0.4 is 5.73 Å². The molecule has 1 aromatic carbocycles. The molecule has 0 aliphatic heterocycles. The Morgan fingerprint density at radius 1 is 1.41 bits per heavy atom. The molecule has 0 spiro atoms. The summed E-state index contributed by atoms with van der Waals surface area (Å²) in [7, 11) is 0. The molecule has 0 fully saturated rings. The number of nitrogens with two attached hydrogens (primary N) is 1. The van der Waals surface area contributed by atoms with Crippen LogP contribution in [0.2, 0.25) is 0 Å². The fourth-order valence-electron chi connectivity index (χ4n) is 1.96. The standard InChI is InChI=1S/C13H17FN2S/c1-8(2)5-9(7-15)13-16-11-6-10(14)3-4-12(11)17-13/h3-4,6,8-9H,5,7,15H2,1-2H3. The summed E-state index contributed by atoms with van der Waals surface area (Å²) in [5, 5.41) is 1.03. The average Bonchev–Trinajstić information content (AvgIpc) is 2.68. The SMILES string of the molecule is CC(C)CC(CN)c1nc2cc(F)ccc2s1. The number of thiazole rings is 1. The predicted octanol–water partition coefficient (Wildman–Crippen LogP) is 3.52. The van der Waals surface area contributed by atoms with E-state index < -0.39 is 0 Å². The van der Waals surface area contributed by atoms with Crippen molar-refractivity contribution in [2.75, 3.05) is 6.54 Å². The van der Waals surface area contributed by atoms with Crippen LogP contribution in [0.5, 0.6) is 0 Å². The molecule has 92 valence electrons. The monoisotopic (exact) mass is 252 g/mol. The summed E-state index contributed by atoms with van der Waals surface area (Å²) < 4.78 is 14.1. The van der Waals surface area contributed by atoms with Gasteiger partial charge in [0, 0.05) is 18.5 Å². The number of nitrogens with zero attached hydrogens (tertiary/aromatic N) is 1. The summed E-state index contributed by atoms with van der Waals surface area (Å²) in [6.45, 7) is 4.95. The van der Waals surface area contributed by atoms with Crippen LogP contribution in [-0.2, 0) is 0 Å². The Morgan fingerprint density at radius 3 is 2.82 bits per heavy atom. The van der Waals surface area contributed by atoms with E-state index in [1.807, 2.05) is 0 Å². The molecule has 1 atom stereocenters. The first-order valence-corrected chi connectivity index (χ1v) is 6.68. The second-order valence-electron chi connectivity index (χ2n) is 4.73. The third kappa shape index (κ3) is 2.82. The van der Waals surface area contributed by atoms with Gasteiger partial charge in [-0.3, -0.25) is 0 Å². The van der Waals surface area contributed by atoms with Crippen LogP contribution in [0.4, 0.5) is 4.39 Å². The van der Waals surface area contributed by atoms with Gasteiger partial charge in [0.25, 0.3) is 0 Å². The molecule has 2 aromatic rings. The van der Waals surface area contributed by atoms with Crippen LogP contribution in [0, 0.1) is 11.7 Å². The molecule has 0 aliphatic rings. The maximum Gasteiger partial charge on any atom is 0.125 e. The number of aromatic nitrogens is 1. The Morgan fingerprint density at radius 2 is 2.18 bits per heavy atom. The fourth-order valence-corrected chi connectivity index (χ4v) is 3.03. The molecule has 0 saturated carbocycles. The number of hydrogen-bond donors (Lipinski definition) is 1. The maximum absolute atomic E-state index is 13.1. The van der Waals surface area contributed by atoms with E-state index in [9.17, 15) is 4.39 Å². The molecule has 2 rings (SSSR count). The van der Waals surface area contributed by atoms with Gasteiger partial charge in [0.15, 0.2) is 0 Å². The predicted molar refractivity (Wildman–Crippen MR) is 70.8 cm³/mol. The normalized spacial score (nSPS) is 13.5. The Kier molecular flexibility index (Phi) is 3.74. The third-order valence-electron chi connectivity index (χ3n) is 2.76. The van der Waals surface area contributed by atoms with Crippen LogP contribution in [0.25, 0.3) is 10.2 Å². The molecule has 2 nitrogen and oxygen atoms in total. The highest BCUT2D eigenvalue weighted by Crippen LogP contribution is 2.30. The van der Waals surface area contributed by atoms with E-state index in [1.54, 1.807) is 17.4 Å². The first kappa shape index (κ1) is 12.5. The topological polar surface area (TPSA) is 38.9 Å². The van der Waals surface area contributed by atoms with E-state index in [0.29, 0.717) is 12.5 Å². The molecule has 17 heavy (non-hydrogen) atoms. The van der Waals surface area contributed by atoms with E-state index in [4.69, 9.17) is 5.73 Å². The van der Waals surface area contributed by atoms with Crippen LogP contribution >= 0.6 is 11.3 Å². The molecule has 0 saturated heterocycles. The third-order valence-corrected chi connectivity index (χ3v) is 3.95. The maximum atomic E-state index is 13.1. The van der Waals surface area contributed by atoms with Crippen molar-refractivity contribution in [3.63, 3.8) is 0 Å². The Labute approximate surface area is 105 Å². The number of hydrogen-bond acceptors (Lipinski definition) is 3. The van der Waals surface area contributed by atoms with Gasteiger partial charge in [-0.2, -0.15) is 0 Å². The lowest BCUT2D eigenvalue weighted by molar-refractivity contribution is 0.503. The largest absolute Gasteiger partial charge is 0.330 e. The Balaban J connectivity index is 2.34. The van der Waals surface area contributed by atoms with E-state index in [1.165, 1.54) is 12.1 Å². The van der Waals surface area contributed by atoms with Gasteiger partial charge in [0.2, 0.25) is 0 Å². The summed E-state index contributed by atoms with van der Waals surface area (Å²) >= 11 is 1.62. The van der Waals surface area contributed by atoms with Gasteiger partial charge in [0.1, 0.15) is 5.82 Å². The molecule has 0 bridgehead atoms. The highest BCUT2D eigenvalue weighted by atomic mass is 32.1. The minimum absolute atomic E-state index is 0.234. The van der Waals surface area contributed by atoms with Gasteiger partial charge in [-0.15, -0.1) is 11.3 Å². The molecule has 0 amide bonds. The first-order chi connectivity index (χ1) is 8.10. The highest BCUT2D eigenvalue weighted by molar-refractivity contribution is 7.18. The molecule has 2 N–H and O–H groups in total. The van der Waals surface area contributed by atoms with Gasteiger partial charge in [0.05, 0.1) is 15.2 Å². The second kappa shape index (κ2) is 5.10. The number of benzene rings is 1. The number of fused-ring (bicyclic) bond motifs is 1. The summed E-state index contributed by atoms with van der Waals surface area (Å²) in [4.78, 5) is 4.50. The molecule has 0 aliphatic carbocycles. The fraction of sp³-hybridized carbons (Fsp3) is 0.462. The summed E-state index contributed by atoms with van der Waals surface area (Å²) in [6.07, 6.45) is 1.03. The van der Waals surface area contributed by atoms with E-state index in [2.05, 4.69) is 18.8 Å². The lowest BCUT2D eigenvalue weighted by atomic mass is 9.98. The summed E-state index contributed by atoms with van der Waals surface area (Å²) in [6, 6.07) is 4.75. The van der Waals surface area contributed by atoms with Crippen molar-refractivity contribution >= 4 is 21.6 Å². The van der Waals surface area contributed by atoms with Crippen molar-refractivity contribution in [2.45, 2.75) is 26.2 Å². The lowest BCUT2D eigenvalue weighted by Gasteiger charge is -2.13. The van der Waals surface area contributed by atoms with Gasteiger partial charge in [-0.05, 0) is 24.5 Å². The molecule has 4 heteroatoms. The molecule has 1 aromatic heterocycles. The van der Waals surface area contributed by atoms with Crippen LogP contribution in [-0.4, -0.2) is 11.5 Å². The Hall–Kier alpha value is -1.00. The molecule has 1 unspecified atom stereocenters. The number of halogens is 1. The quantitative estimate of drug-likeness (QED) is 0.904. The van der Waals surface area contributed by atoms with Gasteiger partial charge >= 0.3 is 0 Å². The number of rotatable bonds is 4. The average molecular weight is 252 g/mol. The summed E-state index contributed by atoms with van der Waals surface area (Å²) in [5.41, 5.74) is 6.54. The molecular formula is C13H17FN2S. The highest BCUT2D eigenvalue weighted by Gasteiger charge is 2.16. The van der Waals surface area contributed by atoms with Crippen molar-refractivity contribution in [3.05, 3.63) is 29.0 Å². The van der Waals surface area contributed by atoms with Crippen molar-refractivity contribution in [1.82, 2.24) is 4.98 Å². The molecule has 0 radical (unpaired) electrons. The lowest BCUT2D eigenvalue weighted by Crippen LogP contribution is -2.14. The smallest absolute Gasteiger partial charge is 0.125 e. The zero-order chi connectivity index (χ0) is 12.4. The minimum atomic E-state index is -0.234. The van der Waals surface area contributed by atoms with Gasteiger partial charge in [-0.1, -0.05) is 13.8 Å². The van der Waals surface area contributed by atoms with Crippen molar-refractivity contribution in [2.24, 2.45) is 11.7 Å². The van der Waals surface area contributed by atoms with E-state index in [0.717, 1.165) is 21.6 Å². The van der Waals surface area contributed by atoms with Crippen LogP contribution in [0.15, 0.2) is 18.2 Å². The first-order valence-electron chi connectivity index (χ1n) is 5.86. The van der Waals surface area contributed by atoms with Crippen molar-refractivity contribution in [1.29, 1.82) is 0 Å². The molecule has 1 heterocycles. The van der Waals surface area contributed by atoms with Crippen LogP contribution in [0.1, 0.15) is 31.2 Å². The summed E-state index contributed by atoms with van der Waals surface area (Å²) in [5.74, 6) is 0.644. The van der Waals surface area contributed by atoms with E-state index >= 15 is 0 Å². The van der Waals surface area contributed by atoms with Gasteiger partial charge < -0.3 is 5.73 Å². The zero-order valence-electron chi connectivity index (χ0n) is 10.1.